The normalized spacial score (nSPS) is 26.6. The first-order valence-electron chi connectivity index (χ1n) is 5.99. The molecule has 0 spiro atoms. The zero-order valence-corrected chi connectivity index (χ0v) is 10.9. The van der Waals surface area contributed by atoms with Gasteiger partial charge in [-0.15, -0.1) is 0 Å². The quantitative estimate of drug-likeness (QED) is 0.801. The molecule has 2 atom stereocenters. The van der Waals surface area contributed by atoms with Crippen molar-refractivity contribution in [3.05, 3.63) is 5.28 Å². The average Bonchev–Trinajstić information content (AvgIpc) is 2.89. The molecule has 3 rings (SSSR count). The lowest BCUT2D eigenvalue weighted by Crippen LogP contribution is -2.34. The minimum absolute atomic E-state index is 0.279. The van der Waals surface area contributed by atoms with Crippen LogP contribution in [0.4, 0.5) is 11.9 Å². The summed E-state index contributed by atoms with van der Waals surface area (Å²) in [6, 6.07) is 0.605. The van der Waals surface area contributed by atoms with Gasteiger partial charge in [0.25, 0.3) is 0 Å². The summed E-state index contributed by atoms with van der Waals surface area (Å²) in [4.78, 5) is 17.0. The van der Waals surface area contributed by atoms with Crippen LogP contribution in [0.5, 0.6) is 0 Å². The fraction of sp³-hybridized carbons (Fsp3) is 0.727. The molecule has 1 aliphatic heterocycles. The molecule has 6 heteroatoms. The van der Waals surface area contributed by atoms with Gasteiger partial charge in [-0.3, -0.25) is 0 Å². The van der Waals surface area contributed by atoms with Crippen LogP contribution < -0.4 is 9.80 Å². The van der Waals surface area contributed by atoms with Crippen LogP contribution in [-0.4, -0.2) is 41.6 Å². The first kappa shape index (κ1) is 11.0. The highest BCUT2D eigenvalue weighted by molar-refractivity contribution is 6.28. The molecule has 2 fully saturated rings. The molecule has 17 heavy (non-hydrogen) atoms. The van der Waals surface area contributed by atoms with Crippen LogP contribution in [0.2, 0.25) is 5.28 Å². The Bertz CT molecular complexity index is 436. The van der Waals surface area contributed by atoms with Crippen molar-refractivity contribution in [1.29, 1.82) is 0 Å². The van der Waals surface area contributed by atoms with Gasteiger partial charge in [0.15, 0.2) is 0 Å². The highest BCUT2D eigenvalue weighted by atomic mass is 35.5. The summed E-state index contributed by atoms with van der Waals surface area (Å²) < 4.78 is 0. The summed E-state index contributed by atoms with van der Waals surface area (Å²) in [6.45, 7) is 1.07. The van der Waals surface area contributed by atoms with E-state index in [1.54, 1.807) is 0 Å². The van der Waals surface area contributed by atoms with Crippen molar-refractivity contribution in [2.45, 2.75) is 25.3 Å². The van der Waals surface area contributed by atoms with Crippen LogP contribution in [0.3, 0.4) is 0 Å². The summed E-state index contributed by atoms with van der Waals surface area (Å²) in [5.74, 6) is 2.18. The zero-order chi connectivity index (χ0) is 12.0. The smallest absolute Gasteiger partial charge is 0.231 e. The second-order valence-corrected chi connectivity index (χ2v) is 5.42. The maximum atomic E-state index is 5.96. The van der Waals surface area contributed by atoms with Gasteiger partial charge in [-0.1, -0.05) is 0 Å². The largest absolute Gasteiger partial charge is 0.347 e. The van der Waals surface area contributed by atoms with Crippen LogP contribution in [-0.2, 0) is 0 Å². The summed E-state index contributed by atoms with van der Waals surface area (Å²) in [5, 5.41) is 0.279. The molecule has 5 nitrogen and oxygen atoms in total. The molecule has 1 aliphatic carbocycles. The number of halogens is 1. The molecule has 0 radical (unpaired) electrons. The van der Waals surface area contributed by atoms with Crippen LogP contribution in [0, 0.1) is 5.92 Å². The number of piperidine rings is 1. The molecule has 1 aromatic heterocycles. The number of hydrogen-bond donors (Lipinski definition) is 0. The van der Waals surface area contributed by atoms with Gasteiger partial charge < -0.3 is 9.80 Å². The highest BCUT2D eigenvalue weighted by Gasteiger charge is 2.39. The SMILES string of the molecule is CN(C)c1nc(Cl)nc(N2CC3CCC2C3)n1. The number of nitrogens with zero attached hydrogens (tertiary/aromatic N) is 5. The summed E-state index contributed by atoms with van der Waals surface area (Å²) in [5.41, 5.74) is 0. The van der Waals surface area contributed by atoms with Crippen LogP contribution in [0.1, 0.15) is 19.3 Å². The number of aromatic nitrogens is 3. The molecule has 0 amide bonds. The van der Waals surface area contributed by atoms with Crippen LogP contribution >= 0.6 is 11.6 Å². The van der Waals surface area contributed by atoms with Crippen molar-refractivity contribution >= 4 is 23.5 Å². The topological polar surface area (TPSA) is 45.2 Å². The number of fused-ring (bicyclic) bond motifs is 2. The minimum atomic E-state index is 0.279. The van der Waals surface area contributed by atoms with Gasteiger partial charge >= 0.3 is 0 Å². The molecule has 1 saturated carbocycles. The van der Waals surface area contributed by atoms with Gasteiger partial charge in [-0.25, -0.2) is 0 Å². The number of anilines is 2. The molecular weight excluding hydrogens is 238 g/mol. The first-order chi connectivity index (χ1) is 8.13. The van der Waals surface area contributed by atoms with Gasteiger partial charge in [0.2, 0.25) is 17.2 Å². The van der Waals surface area contributed by atoms with E-state index < -0.39 is 0 Å². The molecule has 92 valence electrons. The van der Waals surface area contributed by atoms with E-state index in [0.717, 1.165) is 18.4 Å². The third-order valence-corrected chi connectivity index (χ3v) is 3.82. The lowest BCUT2D eigenvalue weighted by molar-refractivity contribution is 0.546. The van der Waals surface area contributed by atoms with Gasteiger partial charge in [-0.05, 0) is 36.8 Å². The summed E-state index contributed by atoms with van der Waals surface area (Å²) in [7, 11) is 3.82. The van der Waals surface area contributed by atoms with Crippen molar-refractivity contribution in [3.8, 4) is 0 Å². The fourth-order valence-corrected chi connectivity index (χ4v) is 2.98. The Balaban J connectivity index is 1.92. The van der Waals surface area contributed by atoms with Gasteiger partial charge in [0.1, 0.15) is 0 Å². The van der Waals surface area contributed by atoms with E-state index in [1.807, 2.05) is 19.0 Å². The first-order valence-corrected chi connectivity index (χ1v) is 6.37. The summed E-state index contributed by atoms with van der Waals surface area (Å²) in [6.07, 6.45) is 3.88. The molecule has 0 aromatic carbocycles. The van der Waals surface area contributed by atoms with E-state index in [9.17, 15) is 0 Å². The van der Waals surface area contributed by atoms with Crippen molar-refractivity contribution in [2.75, 3.05) is 30.4 Å². The minimum Gasteiger partial charge on any atom is -0.347 e. The van der Waals surface area contributed by atoms with Crippen LogP contribution in [0.25, 0.3) is 0 Å². The molecule has 2 heterocycles. The monoisotopic (exact) mass is 253 g/mol. The second kappa shape index (κ2) is 3.98. The molecule has 2 aliphatic rings. The Hall–Kier alpha value is -1.10. The molecule has 0 N–H and O–H groups in total. The van der Waals surface area contributed by atoms with Gasteiger partial charge in [0, 0.05) is 26.7 Å². The van der Waals surface area contributed by atoms with E-state index in [0.29, 0.717) is 12.0 Å². The van der Waals surface area contributed by atoms with Gasteiger partial charge in [0.05, 0.1) is 0 Å². The third-order valence-electron chi connectivity index (χ3n) is 3.65. The fourth-order valence-electron chi connectivity index (χ4n) is 2.83. The van der Waals surface area contributed by atoms with E-state index >= 15 is 0 Å². The predicted molar refractivity (Wildman–Crippen MR) is 67.6 cm³/mol. The number of rotatable bonds is 2. The van der Waals surface area contributed by atoms with E-state index in [1.165, 1.54) is 19.3 Å². The molecular formula is C11H16ClN5. The van der Waals surface area contributed by atoms with Crippen molar-refractivity contribution < 1.29 is 0 Å². The molecule has 1 saturated heterocycles. The zero-order valence-electron chi connectivity index (χ0n) is 10.1. The van der Waals surface area contributed by atoms with Crippen LogP contribution in [0.15, 0.2) is 0 Å². The van der Waals surface area contributed by atoms with Gasteiger partial charge in [-0.2, -0.15) is 15.0 Å². The Morgan fingerprint density at radius 2 is 2.06 bits per heavy atom. The second-order valence-electron chi connectivity index (χ2n) is 5.08. The van der Waals surface area contributed by atoms with E-state index in [4.69, 9.17) is 11.6 Å². The lowest BCUT2D eigenvalue weighted by Gasteiger charge is -2.27. The average molecular weight is 254 g/mol. The van der Waals surface area contributed by atoms with Crippen molar-refractivity contribution in [2.24, 2.45) is 5.92 Å². The highest BCUT2D eigenvalue weighted by Crippen LogP contribution is 2.39. The van der Waals surface area contributed by atoms with E-state index in [-0.39, 0.29) is 5.28 Å². The Morgan fingerprint density at radius 1 is 1.24 bits per heavy atom. The summed E-state index contributed by atoms with van der Waals surface area (Å²) >= 11 is 5.96. The number of hydrogen-bond acceptors (Lipinski definition) is 5. The van der Waals surface area contributed by atoms with E-state index in [2.05, 4.69) is 19.9 Å². The molecule has 2 unspecified atom stereocenters. The molecule has 1 aromatic rings. The lowest BCUT2D eigenvalue weighted by atomic mass is 10.1. The Kier molecular flexibility index (Phi) is 2.58. The maximum Gasteiger partial charge on any atom is 0.231 e. The Labute approximate surface area is 106 Å². The van der Waals surface area contributed by atoms with Crippen molar-refractivity contribution in [3.63, 3.8) is 0 Å². The Morgan fingerprint density at radius 3 is 2.65 bits per heavy atom. The molecule has 2 bridgehead atoms. The predicted octanol–water partition coefficient (Wildman–Crippen LogP) is 1.58. The maximum absolute atomic E-state index is 5.96. The standard InChI is InChI=1S/C11H16ClN5/c1-16(2)10-13-9(12)14-11(15-10)17-6-7-3-4-8(17)5-7/h7-8H,3-6H2,1-2H3. The third kappa shape index (κ3) is 1.92. The van der Waals surface area contributed by atoms with Crippen molar-refractivity contribution in [1.82, 2.24) is 15.0 Å².